The third-order valence-corrected chi connectivity index (χ3v) is 5.72. The van der Waals surface area contributed by atoms with E-state index in [1.807, 2.05) is 31.2 Å². The van der Waals surface area contributed by atoms with E-state index >= 15 is 0 Å². The number of nitrogens with one attached hydrogen (secondary N) is 2. The minimum Gasteiger partial charge on any atom is -0.347 e. The smallest absolute Gasteiger partial charge is 0.243 e. The van der Waals surface area contributed by atoms with Gasteiger partial charge in [-0.25, -0.2) is 0 Å². The number of carbonyl (C=O) groups is 2. The van der Waals surface area contributed by atoms with Crippen LogP contribution in [0.4, 0.5) is 5.69 Å². The summed E-state index contributed by atoms with van der Waals surface area (Å²) in [5.74, 6) is 0.305. The second-order valence-electron chi connectivity index (χ2n) is 6.96. The molecule has 5 heteroatoms. The van der Waals surface area contributed by atoms with Crippen LogP contribution in [0, 0.1) is 25.7 Å². The molecule has 2 aromatic carbocycles. The fourth-order valence-corrected chi connectivity index (χ4v) is 3.63. The van der Waals surface area contributed by atoms with Gasteiger partial charge in [0.25, 0.3) is 0 Å². The zero-order valence-electron chi connectivity index (χ0n) is 15.3. The van der Waals surface area contributed by atoms with Crippen molar-refractivity contribution in [2.75, 3.05) is 11.9 Å². The molecule has 1 aliphatic carbocycles. The summed E-state index contributed by atoms with van der Waals surface area (Å²) in [6, 6.07) is 14.2. The number of hydrogen-bond acceptors (Lipinski definition) is 3. The van der Waals surface area contributed by atoms with Crippen molar-refractivity contribution in [3.8, 4) is 0 Å². The van der Waals surface area contributed by atoms with Crippen LogP contribution in [0.5, 0.6) is 0 Å². The Hall–Kier alpha value is -2.27. The fraction of sp³-hybridized carbons (Fsp3) is 0.333. The molecule has 1 saturated carbocycles. The van der Waals surface area contributed by atoms with E-state index in [1.165, 1.54) is 16.0 Å². The van der Waals surface area contributed by atoms with E-state index in [-0.39, 0.29) is 24.3 Å². The van der Waals surface area contributed by atoms with Crippen LogP contribution in [0.25, 0.3) is 0 Å². The van der Waals surface area contributed by atoms with Crippen LogP contribution in [-0.4, -0.2) is 18.4 Å². The first kappa shape index (κ1) is 18.5. The lowest BCUT2D eigenvalue weighted by Crippen LogP contribution is -2.34. The van der Waals surface area contributed by atoms with Crippen LogP contribution in [0.2, 0.25) is 0 Å². The molecule has 0 spiro atoms. The van der Waals surface area contributed by atoms with Crippen LogP contribution < -0.4 is 10.6 Å². The lowest BCUT2D eigenvalue weighted by atomic mass is 10.1. The van der Waals surface area contributed by atoms with Gasteiger partial charge in [-0.15, -0.1) is 0 Å². The van der Waals surface area contributed by atoms with Crippen molar-refractivity contribution in [3.05, 3.63) is 53.6 Å². The van der Waals surface area contributed by atoms with E-state index in [9.17, 15) is 9.59 Å². The van der Waals surface area contributed by atoms with Crippen molar-refractivity contribution in [2.24, 2.45) is 11.8 Å². The van der Waals surface area contributed by atoms with Gasteiger partial charge >= 0.3 is 0 Å². The lowest BCUT2D eigenvalue weighted by Gasteiger charge is -2.08. The summed E-state index contributed by atoms with van der Waals surface area (Å²) in [6.45, 7) is 6.28. The predicted molar refractivity (Wildman–Crippen MR) is 105 cm³/mol. The van der Waals surface area contributed by atoms with Crippen molar-refractivity contribution in [1.82, 2.24) is 5.32 Å². The van der Waals surface area contributed by atoms with Gasteiger partial charge < -0.3 is 10.6 Å². The third-order valence-electron chi connectivity index (χ3n) is 4.72. The highest BCUT2D eigenvalue weighted by molar-refractivity contribution is 7.99. The maximum atomic E-state index is 12.0. The molecule has 3 rings (SSSR count). The Labute approximate surface area is 158 Å². The summed E-state index contributed by atoms with van der Waals surface area (Å²) >= 11 is 1.69. The van der Waals surface area contributed by atoms with Gasteiger partial charge in [-0.3, -0.25) is 9.59 Å². The molecule has 0 unspecified atom stereocenters. The van der Waals surface area contributed by atoms with E-state index in [0.29, 0.717) is 5.92 Å². The van der Waals surface area contributed by atoms with Gasteiger partial charge in [0.15, 0.2) is 0 Å². The van der Waals surface area contributed by atoms with Crippen LogP contribution in [0.15, 0.2) is 52.3 Å². The number of rotatable bonds is 6. The standard InChI is InChI=1S/C21H24N2O2S/c1-13-4-7-18(10-14(13)2)26-17-8-5-16(6-9-17)23-20(24)12-22-21(25)19-11-15(19)3/h4-10,15,19H,11-12H2,1-3H3,(H,22,25)(H,23,24)/t15-,19-/m1/s1. The Morgan fingerprint density at radius 2 is 1.69 bits per heavy atom. The molecule has 2 N–H and O–H groups in total. The third kappa shape index (κ3) is 4.88. The molecule has 136 valence electrons. The monoisotopic (exact) mass is 368 g/mol. The van der Waals surface area contributed by atoms with E-state index in [0.717, 1.165) is 17.0 Å². The molecule has 0 heterocycles. The topological polar surface area (TPSA) is 58.2 Å². The number of aryl methyl sites for hydroxylation is 2. The molecule has 0 radical (unpaired) electrons. The van der Waals surface area contributed by atoms with E-state index < -0.39 is 0 Å². The molecule has 4 nitrogen and oxygen atoms in total. The number of anilines is 1. The summed E-state index contributed by atoms with van der Waals surface area (Å²) in [6.07, 6.45) is 0.924. The average molecular weight is 369 g/mol. The van der Waals surface area contributed by atoms with Crippen molar-refractivity contribution in [3.63, 3.8) is 0 Å². The van der Waals surface area contributed by atoms with Crippen LogP contribution in [0.1, 0.15) is 24.5 Å². The summed E-state index contributed by atoms with van der Waals surface area (Å²) in [5.41, 5.74) is 3.30. The van der Waals surface area contributed by atoms with Gasteiger partial charge in [0.05, 0.1) is 6.54 Å². The van der Waals surface area contributed by atoms with Crippen molar-refractivity contribution in [1.29, 1.82) is 0 Å². The Balaban J connectivity index is 1.49. The summed E-state index contributed by atoms with van der Waals surface area (Å²) < 4.78 is 0. The first-order valence-electron chi connectivity index (χ1n) is 8.85. The molecule has 26 heavy (non-hydrogen) atoms. The molecule has 1 fully saturated rings. The van der Waals surface area contributed by atoms with Crippen LogP contribution in [0.3, 0.4) is 0 Å². The number of hydrogen-bond donors (Lipinski definition) is 2. The molecular weight excluding hydrogens is 344 g/mol. The van der Waals surface area contributed by atoms with Crippen molar-refractivity contribution in [2.45, 2.75) is 37.0 Å². The van der Waals surface area contributed by atoms with Gasteiger partial charge in [-0.2, -0.15) is 0 Å². The molecule has 0 aromatic heterocycles. The van der Waals surface area contributed by atoms with Gasteiger partial charge in [0, 0.05) is 21.4 Å². The summed E-state index contributed by atoms with van der Waals surface area (Å²) in [4.78, 5) is 26.0. The molecule has 2 amide bonds. The predicted octanol–water partition coefficient (Wildman–Crippen LogP) is 4.17. The SMILES string of the molecule is Cc1ccc(Sc2ccc(NC(=O)CNC(=O)[C@@H]3C[C@H]3C)cc2)cc1C. The average Bonchev–Trinajstić information content (AvgIpc) is 3.35. The second-order valence-corrected chi connectivity index (χ2v) is 8.10. The molecule has 1 aliphatic rings. The van der Waals surface area contributed by atoms with E-state index in [1.54, 1.807) is 11.8 Å². The fourth-order valence-electron chi connectivity index (χ4n) is 2.71. The number of carbonyl (C=O) groups excluding carboxylic acids is 2. The second kappa shape index (κ2) is 7.96. The molecule has 2 atom stereocenters. The minimum absolute atomic E-state index is 0.0151. The number of benzene rings is 2. The summed E-state index contributed by atoms with van der Waals surface area (Å²) in [5, 5.41) is 5.51. The zero-order chi connectivity index (χ0) is 18.7. The molecule has 0 aliphatic heterocycles. The Bertz CT molecular complexity index is 817. The quantitative estimate of drug-likeness (QED) is 0.805. The van der Waals surface area contributed by atoms with Gasteiger partial charge in [-0.05, 0) is 73.7 Å². The molecule has 0 saturated heterocycles. The van der Waals surface area contributed by atoms with Gasteiger partial charge in [0.2, 0.25) is 11.8 Å². The molecule has 0 bridgehead atoms. The van der Waals surface area contributed by atoms with Crippen LogP contribution in [-0.2, 0) is 9.59 Å². The lowest BCUT2D eigenvalue weighted by molar-refractivity contribution is -0.125. The normalized spacial score (nSPS) is 18.3. The number of amides is 2. The van der Waals surface area contributed by atoms with Crippen molar-refractivity contribution >= 4 is 29.3 Å². The highest BCUT2D eigenvalue weighted by atomic mass is 32.2. The van der Waals surface area contributed by atoms with Crippen molar-refractivity contribution < 1.29 is 9.59 Å². The highest BCUT2D eigenvalue weighted by Crippen LogP contribution is 2.37. The molecular formula is C21H24N2O2S. The first-order valence-corrected chi connectivity index (χ1v) is 9.67. The Morgan fingerprint density at radius 3 is 2.31 bits per heavy atom. The van der Waals surface area contributed by atoms with E-state index in [4.69, 9.17) is 0 Å². The maximum absolute atomic E-state index is 12.0. The Kier molecular flexibility index (Phi) is 5.67. The largest absolute Gasteiger partial charge is 0.347 e. The Morgan fingerprint density at radius 1 is 1.04 bits per heavy atom. The van der Waals surface area contributed by atoms with Gasteiger partial charge in [-0.1, -0.05) is 24.8 Å². The highest BCUT2D eigenvalue weighted by Gasteiger charge is 2.38. The van der Waals surface area contributed by atoms with Gasteiger partial charge in [0.1, 0.15) is 0 Å². The van der Waals surface area contributed by atoms with Crippen LogP contribution >= 0.6 is 11.8 Å². The van der Waals surface area contributed by atoms with E-state index in [2.05, 4.69) is 42.7 Å². The minimum atomic E-state index is -0.207. The summed E-state index contributed by atoms with van der Waals surface area (Å²) in [7, 11) is 0. The zero-order valence-corrected chi connectivity index (χ0v) is 16.2. The first-order chi connectivity index (χ1) is 12.4. The maximum Gasteiger partial charge on any atom is 0.243 e. The molecule has 2 aromatic rings.